The Morgan fingerprint density at radius 1 is 1.09 bits per heavy atom. The molecule has 2 heterocycles. The molecule has 7 heteroatoms. The summed E-state index contributed by atoms with van der Waals surface area (Å²) in [5.41, 5.74) is 4.58. The van der Waals surface area contributed by atoms with Crippen LogP contribution in [-0.2, 0) is 33.8 Å². The Bertz CT molecular complexity index is 1080. The van der Waals surface area contributed by atoms with Gasteiger partial charge in [0, 0.05) is 12.2 Å². The number of aryl methyl sites for hydroxylation is 3. The molecule has 0 atom stereocenters. The minimum Gasteiger partial charge on any atom is -0.489 e. The first kappa shape index (κ1) is 21.6. The van der Waals surface area contributed by atoms with Gasteiger partial charge in [-0.25, -0.2) is 0 Å². The van der Waals surface area contributed by atoms with Crippen molar-refractivity contribution < 1.29 is 23.6 Å². The van der Waals surface area contributed by atoms with Crippen LogP contribution in [0.1, 0.15) is 34.6 Å². The highest BCUT2D eigenvalue weighted by molar-refractivity contribution is 5.96. The third-order valence-corrected chi connectivity index (χ3v) is 5.60. The smallest absolute Gasteiger partial charge is 0.310 e. The molecule has 3 aromatic rings. The minimum atomic E-state index is -0.437. The van der Waals surface area contributed by atoms with E-state index < -0.39 is 5.97 Å². The second kappa shape index (κ2) is 9.68. The van der Waals surface area contributed by atoms with Crippen molar-refractivity contribution >= 4 is 17.6 Å². The molecule has 0 spiro atoms. The Morgan fingerprint density at radius 3 is 2.62 bits per heavy atom. The van der Waals surface area contributed by atoms with E-state index in [4.69, 9.17) is 14.0 Å². The lowest BCUT2D eigenvalue weighted by molar-refractivity contribution is -0.147. The second-order valence-corrected chi connectivity index (χ2v) is 7.85. The first-order valence-corrected chi connectivity index (χ1v) is 10.7. The fourth-order valence-electron chi connectivity index (χ4n) is 3.80. The predicted molar refractivity (Wildman–Crippen MR) is 119 cm³/mol. The number of amides is 1. The summed E-state index contributed by atoms with van der Waals surface area (Å²) >= 11 is 0. The number of fused-ring (bicyclic) bond motifs is 1. The monoisotopic (exact) mass is 434 g/mol. The molecule has 1 amide bonds. The van der Waals surface area contributed by atoms with Crippen LogP contribution in [0.15, 0.2) is 53.1 Å². The van der Waals surface area contributed by atoms with Crippen LogP contribution in [0.5, 0.6) is 5.75 Å². The standard InChI is InChI=1S/C25H26N2O5/c1-17-22(18(2)32-26-17)15-30-21-11-9-19(10-12-21)14-25(29)31-16-24(28)27-13-5-7-20-6-3-4-8-23(20)27/h3-4,6,8-12H,5,7,13-16H2,1-2H3. The largest absolute Gasteiger partial charge is 0.489 e. The van der Waals surface area contributed by atoms with Gasteiger partial charge in [0.1, 0.15) is 18.1 Å². The fraction of sp³-hybridized carbons (Fsp3) is 0.320. The molecule has 0 saturated carbocycles. The van der Waals surface area contributed by atoms with Gasteiger partial charge >= 0.3 is 5.97 Å². The van der Waals surface area contributed by atoms with Crippen molar-refractivity contribution in [2.75, 3.05) is 18.1 Å². The highest BCUT2D eigenvalue weighted by atomic mass is 16.5. The molecular weight excluding hydrogens is 408 g/mol. The van der Waals surface area contributed by atoms with Crippen molar-refractivity contribution in [3.8, 4) is 5.75 Å². The quantitative estimate of drug-likeness (QED) is 0.524. The average Bonchev–Trinajstić information content (AvgIpc) is 3.13. The average molecular weight is 434 g/mol. The maximum absolute atomic E-state index is 12.6. The molecule has 1 aromatic heterocycles. The Labute approximate surface area is 186 Å². The van der Waals surface area contributed by atoms with Crippen molar-refractivity contribution in [2.24, 2.45) is 0 Å². The number of nitrogens with zero attached hydrogens (tertiary/aromatic N) is 2. The van der Waals surface area contributed by atoms with Crippen LogP contribution < -0.4 is 9.64 Å². The molecule has 166 valence electrons. The Balaban J connectivity index is 1.26. The van der Waals surface area contributed by atoms with Gasteiger partial charge in [0.15, 0.2) is 6.61 Å². The van der Waals surface area contributed by atoms with Gasteiger partial charge in [0.2, 0.25) is 0 Å². The zero-order valence-corrected chi connectivity index (χ0v) is 18.3. The number of carbonyl (C=O) groups excluding carboxylic acids is 2. The first-order chi connectivity index (χ1) is 15.5. The number of esters is 1. The lowest BCUT2D eigenvalue weighted by atomic mass is 10.0. The van der Waals surface area contributed by atoms with Crippen molar-refractivity contribution in [2.45, 2.75) is 39.7 Å². The molecular formula is C25H26N2O5. The van der Waals surface area contributed by atoms with E-state index in [-0.39, 0.29) is 18.9 Å². The lowest BCUT2D eigenvalue weighted by Crippen LogP contribution is -2.38. The van der Waals surface area contributed by atoms with Crippen molar-refractivity contribution in [3.05, 3.63) is 76.7 Å². The molecule has 0 saturated heterocycles. The molecule has 0 radical (unpaired) electrons. The van der Waals surface area contributed by atoms with E-state index in [1.54, 1.807) is 17.0 Å². The summed E-state index contributed by atoms with van der Waals surface area (Å²) in [6, 6.07) is 15.1. The second-order valence-electron chi connectivity index (χ2n) is 7.85. The number of hydrogen-bond donors (Lipinski definition) is 0. The maximum Gasteiger partial charge on any atom is 0.310 e. The van der Waals surface area contributed by atoms with Crippen LogP contribution in [0.3, 0.4) is 0 Å². The van der Waals surface area contributed by atoms with E-state index in [1.807, 2.05) is 50.2 Å². The first-order valence-electron chi connectivity index (χ1n) is 10.7. The summed E-state index contributed by atoms with van der Waals surface area (Å²) in [7, 11) is 0. The Morgan fingerprint density at radius 2 is 1.88 bits per heavy atom. The van der Waals surface area contributed by atoms with Gasteiger partial charge in [0.05, 0.1) is 17.7 Å². The molecule has 2 aromatic carbocycles. The number of rotatable bonds is 7. The number of anilines is 1. The third kappa shape index (κ3) is 4.99. The van der Waals surface area contributed by atoms with Gasteiger partial charge in [-0.3, -0.25) is 9.59 Å². The molecule has 7 nitrogen and oxygen atoms in total. The summed E-state index contributed by atoms with van der Waals surface area (Å²) in [6.45, 7) is 4.47. The molecule has 1 aliphatic rings. The fourth-order valence-corrected chi connectivity index (χ4v) is 3.80. The summed E-state index contributed by atoms with van der Waals surface area (Å²) in [5, 5.41) is 3.91. The number of aromatic nitrogens is 1. The van der Waals surface area contributed by atoms with E-state index in [2.05, 4.69) is 5.16 Å². The molecule has 0 fully saturated rings. The molecule has 1 aliphatic heterocycles. The van der Waals surface area contributed by atoms with Crippen LogP contribution in [0.25, 0.3) is 0 Å². The topological polar surface area (TPSA) is 81.9 Å². The van der Waals surface area contributed by atoms with Crippen molar-refractivity contribution in [1.82, 2.24) is 5.16 Å². The van der Waals surface area contributed by atoms with Crippen LogP contribution in [0, 0.1) is 13.8 Å². The van der Waals surface area contributed by atoms with E-state index in [9.17, 15) is 9.59 Å². The van der Waals surface area contributed by atoms with Gasteiger partial charge in [-0.1, -0.05) is 35.5 Å². The predicted octanol–water partition coefficient (Wildman–Crippen LogP) is 3.94. The van der Waals surface area contributed by atoms with Crippen LogP contribution in [0.2, 0.25) is 0 Å². The summed E-state index contributed by atoms with van der Waals surface area (Å²) in [6.07, 6.45) is 1.95. The minimum absolute atomic E-state index is 0.0913. The van der Waals surface area contributed by atoms with E-state index in [0.717, 1.165) is 46.7 Å². The zero-order valence-electron chi connectivity index (χ0n) is 18.3. The number of hydrogen-bond acceptors (Lipinski definition) is 6. The SMILES string of the molecule is Cc1noc(C)c1COc1ccc(CC(=O)OCC(=O)N2CCCc3ccccc32)cc1. The van der Waals surface area contributed by atoms with E-state index >= 15 is 0 Å². The highest BCUT2D eigenvalue weighted by Crippen LogP contribution is 2.26. The lowest BCUT2D eigenvalue weighted by Gasteiger charge is -2.29. The van der Waals surface area contributed by atoms with Crippen LogP contribution in [0.4, 0.5) is 5.69 Å². The third-order valence-electron chi connectivity index (χ3n) is 5.60. The van der Waals surface area contributed by atoms with E-state index in [0.29, 0.717) is 18.9 Å². The molecule has 0 bridgehead atoms. The number of ether oxygens (including phenoxy) is 2. The van der Waals surface area contributed by atoms with Crippen LogP contribution >= 0.6 is 0 Å². The molecule has 0 aliphatic carbocycles. The van der Waals surface area contributed by atoms with Crippen molar-refractivity contribution in [3.63, 3.8) is 0 Å². The molecule has 32 heavy (non-hydrogen) atoms. The number of carbonyl (C=O) groups is 2. The van der Waals surface area contributed by atoms with Gasteiger partial charge in [0.25, 0.3) is 5.91 Å². The zero-order chi connectivity index (χ0) is 22.5. The van der Waals surface area contributed by atoms with E-state index in [1.165, 1.54) is 0 Å². The van der Waals surface area contributed by atoms with Crippen molar-refractivity contribution in [1.29, 1.82) is 0 Å². The molecule has 0 N–H and O–H groups in total. The Hall–Kier alpha value is -3.61. The highest BCUT2D eigenvalue weighted by Gasteiger charge is 2.23. The normalized spacial score (nSPS) is 12.9. The number of benzene rings is 2. The summed E-state index contributed by atoms with van der Waals surface area (Å²) in [4.78, 5) is 26.6. The Kier molecular flexibility index (Phi) is 6.54. The molecule has 0 unspecified atom stereocenters. The summed E-state index contributed by atoms with van der Waals surface area (Å²) in [5.74, 6) is 0.784. The van der Waals surface area contributed by atoms with Gasteiger partial charge in [-0.05, 0) is 56.0 Å². The van der Waals surface area contributed by atoms with Gasteiger partial charge < -0.3 is 18.9 Å². The number of para-hydroxylation sites is 1. The van der Waals surface area contributed by atoms with Gasteiger partial charge in [-0.2, -0.15) is 0 Å². The van der Waals surface area contributed by atoms with Crippen LogP contribution in [-0.4, -0.2) is 30.2 Å². The molecule has 4 rings (SSSR count). The summed E-state index contributed by atoms with van der Waals surface area (Å²) < 4.78 is 16.2. The maximum atomic E-state index is 12.6. The van der Waals surface area contributed by atoms with Gasteiger partial charge in [-0.15, -0.1) is 0 Å².